The molecule has 1 amide bonds. The third-order valence-electron chi connectivity index (χ3n) is 5.31. The van der Waals surface area contributed by atoms with Gasteiger partial charge in [0.1, 0.15) is 5.60 Å². The van der Waals surface area contributed by atoms with Gasteiger partial charge in [0.05, 0.1) is 6.54 Å². The number of benzene rings is 1. The Hall–Kier alpha value is -2.01. The van der Waals surface area contributed by atoms with E-state index in [4.69, 9.17) is 4.74 Å². The minimum atomic E-state index is -0.255. The summed E-state index contributed by atoms with van der Waals surface area (Å²) in [7, 11) is 2.11. The maximum atomic E-state index is 11.3. The van der Waals surface area contributed by atoms with E-state index in [0.29, 0.717) is 6.54 Å². The average molecular weight is 313 g/mol. The lowest BCUT2D eigenvalue weighted by atomic mass is 9.91. The number of para-hydroxylation sites is 1. The number of carbonyl (C=O) groups is 1. The summed E-state index contributed by atoms with van der Waals surface area (Å²) in [6, 6.07) is 8.58. The Morgan fingerprint density at radius 2 is 2.04 bits per heavy atom. The summed E-state index contributed by atoms with van der Waals surface area (Å²) in [5.41, 5.74) is 2.47. The van der Waals surface area contributed by atoms with Crippen LogP contribution in [0.2, 0.25) is 0 Å². The fourth-order valence-corrected chi connectivity index (χ4v) is 3.87. The van der Waals surface area contributed by atoms with Gasteiger partial charge in [-0.25, -0.2) is 4.79 Å². The third kappa shape index (κ3) is 2.70. The van der Waals surface area contributed by atoms with E-state index in [-0.39, 0.29) is 11.7 Å². The molecule has 0 aliphatic carbocycles. The summed E-state index contributed by atoms with van der Waals surface area (Å²) in [5.74, 6) is 0. The average Bonchev–Trinajstić information content (AvgIpc) is 3.09. The minimum Gasteiger partial charge on any atom is -0.441 e. The summed E-state index contributed by atoms with van der Waals surface area (Å²) in [4.78, 5) is 13.8. The molecule has 0 saturated carbocycles. The molecule has 5 heteroatoms. The molecule has 0 bridgehead atoms. The van der Waals surface area contributed by atoms with Crippen molar-refractivity contribution in [2.75, 3.05) is 26.2 Å². The fraction of sp³-hybridized carbons (Fsp3) is 0.500. The second kappa shape index (κ2) is 5.57. The zero-order valence-corrected chi connectivity index (χ0v) is 13.5. The molecule has 0 unspecified atom stereocenters. The first-order valence-electron chi connectivity index (χ1n) is 8.37. The number of hydrogen-bond donors (Lipinski definition) is 1. The van der Waals surface area contributed by atoms with Crippen LogP contribution in [0, 0.1) is 0 Å². The topological polar surface area (TPSA) is 46.5 Å². The van der Waals surface area contributed by atoms with E-state index in [9.17, 15) is 4.79 Å². The second-order valence-electron chi connectivity index (χ2n) is 6.80. The summed E-state index contributed by atoms with van der Waals surface area (Å²) < 4.78 is 7.69. The van der Waals surface area contributed by atoms with Crippen LogP contribution in [0.1, 0.15) is 18.4 Å². The highest BCUT2D eigenvalue weighted by molar-refractivity contribution is 5.83. The van der Waals surface area contributed by atoms with Crippen LogP contribution in [-0.2, 0) is 18.2 Å². The van der Waals surface area contributed by atoms with Crippen molar-refractivity contribution < 1.29 is 9.53 Å². The van der Waals surface area contributed by atoms with Crippen molar-refractivity contribution in [1.29, 1.82) is 0 Å². The van der Waals surface area contributed by atoms with Crippen LogP contribution in [0.25, 0.3) is 10.9 Å². The molecule has 23 heavy (non-hydrogen) atoms. The molecule has 5 nitrogen and oxygen atoms in total. The van der Waals surface area contributed by atoms with E-state index in [1.54, 1.807) is 0 Å². The van der Waals surface area contributed by atoms with Gasteiger partial charge in [-0.1, -0.05) is 18.2 Å². The molecule has 2 aliphatic rings. The highest BCUT2D eigenvalue weighted by Gasteiger charge is 2.42. The van der Waals surface area contributed by atoms with Crippen molar-refractivity contribution in [2.24, 2.45) is 7.05 Å². The standard InChI is InChI=1S/C18H23N3O2/c1-20-12-14(15-4-2-3-5-16(15)20)6-9-21-10-7-18(8-11-21)13-19-17(22)23-18/h2-5,12H,6-11,13H2,1H3,(H,19,22). The molecule has 2 aliphatic heterocycles. The van der Waals surface area contributed by atoms with Gasteiger partial charge in [-0.2, -0.15) is 0 Å². The van der Waals surface area contributed by atoms with Crippen LogP contribution in [-0.4, -0.2) is 47.3 Å². The number of piperidine rings is 1. The van der Waals surface area contributed by atoms with Crippen molar-refractivity contribution in [3.05, 3.63) is 36.0 Å². The number of hydrogen-bond acceptors (Lipinski definition) is 3. The van der Waals surface area contributed by atoms with Crippen LogP contribution < -0.4 is 5.32 Å². The van der Waals surface area contributed by atoms with Gasteiger partial charge in [-0.15, -0.1) is 0 Å². The first kappa shape index (κ1) is 14.6. The minimum absolute atomic E-state index is 0.243. The second-order valence-corrected chi connectivity index (χ2v) is 6.80. The number of aromatic nitrogens is 1. The molecule has 122 valence electrons. The maximum Gasteiger partial charge on any atom is 0.407 e. The molecule has 2 fully saturated rings. The molecule has 0 radical (unpaired) electrons. The lowest BCUT2D eigenvalue weighted by Gasteiger charge is -2.37. The molecular weight excluding hydrogens is 290 g/mol. The number of nitrogens with one attached hydrogen (secondary N) is 1. The lowest BCUT2D eigenvalue weighted by molar-refractivity contribution is 0.00124. The van der Waals surface area contributed by atoms with Gasteiger partial charge in [0.2, 0.25) is 0 Å². The smallest absolute Gasteiger partial charge is 0.407 e. The lowest BCUT2D eigenvalue weighted by Crippen LogP contribution is -2.47. The van der Waals surface area contributed by atoms with Crippen molar-refractivity contribution in [2.45, 2.75) is 24.9 Å². The fourth-order valence-electron chi connectivity index (χ4n) is 3.87. The third-order valence-corrected chi connectivity index (χ3v) is 5.31. The van der Waals surface area contributed by atoms with Gasteiger partial charge in [-0.05, 0) is 18.1 Å². The summed E-state index contributed by atoms with van der Waals surface area (Å²) in [6.45, 7) is 3.73. The molecule has 1 aromatic carbocycles. The summed E-state index contributed by atoms with van der Waals surface area (Å²) in [5, 5.41) is 4.15. The van der Waals surface area contributed by atoms with E-state index in [1.165, 1.54) is 16.5 Å². The molecule has 0 atom stereocenters. The Kier molecular flexibility index (Phi) is 3.53. The molecule has 2 aromatic rings. The summed E-state index contributed by atoms with van der Waals surface area (Å²) >= 11 is 0. The van der Waals surface area contributed by atoms with Crippen LogP contribution in [0.3, 0.4) is 0 Å². The molecule has 2 saturated heterocycles. The SMILES string of the molecule is Cn1cc(CCN2CCC3(CC2)CNC(=O)O3)c2ccccc21. The van der Waals surface area contributed by atoms with Gasteiger partial charge >= 0.3 is 6.09 Å². The van der Waals surface area contributed by atoms with Crippen LogP contribution in [0.5, 0.6) is 0 Å². The monoisotopic (exact) mass is 313 g/mol. The zero-order valence-electron chi connectivity index (χ0n) is 13.5. The predicted octanol–water partition coefficient (Wildman–Crippen LogP) is 2.30. The van der Waals surface area contributed by atoms with Crippen molar-refractivity contribution in [3.63, 3.8) is 0 Å². The number of rotatable bonds is 3. The van der Waals surface area contributed by atoms with Crippen LogP contribution in [0.15, 0.2) is 30.5 Å². The molecule has 3 heterocycles. The van der Waals surface area contributed by atoms with E-state index >= 15 is 0 Å². The molecule has 1 aromatic heterocycles. The van der Waals surface area contributed by atoms with E-state index in [1.807, 2.05) is 0 Å². The Labute approximate surface area is 136 Å². The number of fused-ring (bicyclic) bond motifs is 1. The van der Waals surface area contributed by atoms with E-state index < -0.39 is 0 Å². The first-order chi connectivity index (χ1) is 11.2. The van der Waals surface area contributed by atoms with Crippen LogP contribution >= 0.6 is 0 Å². The Morgan fingerprint density at radius 3 is 2.78 bits per heavy atom. The predicted molar refractivity (Wildman–Crippen MR) is 89.5 cm³/mol. The Morgan fingerprint density at radius 1 is 1.26 bits per heavy atom. The number of ether oxygens (including phenoxy) is 1. The van der Waals surface area contributed by atoms with Crippen molar-refractivity contribution in [1.82, 2.24) is 14.8 Å². The van der Waals surface area contributed by atoms with Gasteiger partial charge in [-0.3, -0.25) is 0 Å². The van der Waals surface area contributed by atoms with Gasteiger partial charge in [0, 0.05) is 56.6 Å². The van der Waals surface area contributed by atoms with E-state index in [2.05, 4.69) is 52.3 Å². The number of carbonyl (C=O) groups excluding carboxylic acids is 1. The van der Waals surface area contributed by atoms with Crippen molar-refractivity contribution >= 4 is 17.0 Å². The normalized spacial score (nSPS) is 20.8. The Balaban J connectivity index is 1.38. The zero-order chi connectivity index (χ0) is 15.9. The largest absolute Gasteiger partial charge is 0.441 e. The molecular formula is C18H23N3O2. The van der Waals surface area contributed by atoms with Crippen LogP contribution in [0.4, 0.5) is 4.79 Å². The van der Waals surface area contributed by atoms with Gasteiger partial charge < -0.3 is 19.5 Å². The number of amides is 1. The number of nitrogens with zero attached hydrogens (tertiary/aromatic N) is 2. The molecule has 4 rings (SSSR count). The van der Waals surface area contributed by atoms with Gasteiger partial charge in [0.25, 0.3) is 0 Å². The van der Waals surface area contributed by atoms with E-state index in [0.717, 1.165) is 38.9 Å². The highest BCUT2D eigenvalue weighted by Crippen LogP contribution is 2.29. The highest BCUT2D eigenvalue weighted by atomic mass is 16.6. The quantitative estimate of drug-likeness (QED) is 0.946. The first-order valence-corrected chi connectivity index (χ1v) is 8.37. The van der Waals surface area contributed by atoms with Crippen molar-refractivity contribution in [3.8, 4) is 0 Å². The molecule has 1 N–H and O–H groups in total. The maximum absolute atomic E-state index is 11.3. The number of aryl methyl sites for hydroxylation is 1. The summed E-state index contributed by atoms with van der Waals surface area (Å²) in [6.07, 6.45) is 4.92. The molecule has 1 spiro atoms. The van der Waals surface area contributed by atoms with Gasteiger partial charge in [0.15, 0.2) is 0 Å². The number of alkyl carbamates (subject to hydrolysis) is 1. The number of likely N-dealkylation sites (tertiary alicyclic amines) is 1. The Bertz CT molecular complexity index is 729.